The summed E-state index contributed by atoms with van der Waals surface area (Å²) in [5.74, 6) is 1.59. The third-order valence-corrected chi connectivity index (χ3v) is 4.48. The van der Waals surface area contributed by atoms with Gasteiger partial charge in [0.1, 0.15) is 5.75 Å². The van der Waals surface area contributed by atoms with Gasteiger partial charge >= 0.3 is 0 Å². The lowest BCUT2D eigenvalue weighted by molar-refractivity contribution is 0.340. The van der Waals surface area contributed by atoms with Gasteiger partial charge in [-0.25, -0.2) is 8.42 Å². The van der Waals surface area contributed by atoms with Crippen molar-refractivity contribution < 1.29 is 22.6 Å². The Morgan fingerprint density at radius 3 is 2.17 bits per heavy atom. The minimum absolute atomic E-state index is 0.149. The normalized spacial score (nSPS) is 10.9. The van der Waals surface area contributed by atoms with E-state index in [4.69, 9.17) is 14.2 Å². The van der Waals surface area contributed by atoms with Crippen LogP contribution in [0.1, 0.15) is 6.92 Å². The molecule has 0 aromatic heterocycles. The van der Waals surface area contributed by atoms with Gasteiger partial charge in [0.25, 0.3) is 10.0 Å². The summed E-state index contributed by atoms with van der Waals surface area (Å²) in [4.78, 5) is 0.149. The van der Waals surface area contributed by atoms with Crippen molar-refractivity contribution in [2.45, 2.75) is 11.8 Å². The van der Waals surface area contributed by atoms with Crippen LogP contribution in [0.2, 0.25) is 0 Å². The fourth-order valence-corrected chi connectivity index (χ4v) is 3.04. The van der Waals surface area contributed by atoms with Gasteiger partial charge in [-0.15, -0.1) is 0 Å². The highest BCUT2D eigenvalue weighted by Gasteiger charge is 2.15. The molecule has 2 aromatic rings. The van der Waals surface area contributed by atoms with Gasteiger partial charge in [-0.2, -0.15) is 0 Å². The number of hydrogen-bond donors (Lipinski definition) is 1. The van der Waals surface area contributed by atoms with Gasteiger partial charge in [-0.3, -0.25) is 4.72 Å². The number of anilines is 1. The molecule has 0 heterocycles. The van der Waals surface area contributed by atoms with Crippen molar-refractivity contribution in [3.63, 3.8) is 0 Å². The molecule has 0 amide bonds. The second-order valence-corrected chi connectivity index (χ2v) is 6.26. The molecule has 124 valence electrons. The molecular formula is C16H19NO5S. The van der Waals surface area contributed by atoms with Gasteiger partial charge in [0.2, 0.25) is 0 Å². The third-order valence-electron chi connectivity index (χ3n) is 3.08. The highest BCUT2D eigenvalue weighted by Crippen LogP contribution is 2.30. The van der Waals surface area contributed by atoms with Gasteiger partial charge in [0, 0.05) is 6.07 Å². The van der Waals surface area contributed by atoms with Crippen LogP contribution >= 0.6 is 0 Å². The highest BCUT2D eigenvalue weighted by atomic mass is 32.2. The molecule has 0 fully saturated rings. The molecule has 6 nitrogen and oxygen atoms in total. The Labute approximate surface area is 136 Å². The number of sulfonamides is 1. The maximum Gasteiger partial charge on any atom is 0.261 e. The Morgan fingerprint density at radius 2 is 1.61 bits per heavy atom. The van der Waals surface area contributed by atoms with Gasteiger partial charge in [-0.05, 0) is 43.3 Å². The SMILES string of the molecule is CCOc1ccc(S(=O)(=O)Nc2ccc(OC)c(OC)c2)cc1. The van der Waals surface area contributed by atoms with Crippen molar-refractivity contribution in [3.05, 3.63) is 42.5 Å². The summed E-state index contributed by atoms with van der Waals surface area (Å²) in [6.45, 7) is 2.39. The summed E-state index contributed by atoms with van der Waals surface area (Å²) >= 11 is 0. The molecule has 0 bridgehead atoms. The van der Waals surface area contributed by atoms with Crippen LogP contribution in [0.25, 0.3) is 0 Å². The largest absolute Gasteiger partial charge is 0.494 e. The summed E-state index contributed by atoms with van der Waals surface area (Å²) in [7, 11) is -0.687. The number of nitrogens with one attached hydrogen (secondary N) is 1. The molecule has 0 atom stereocenters. The number of benzene rings is 2. The van der Waals surface area contributed by atoms with E-state index in [-0.39, 0.29) is 4.90 Å². The number of ether oxygens (including phenoxy) is 3. The fourth-order valence-electron chi connectivity index (χ4n) is 2.00. The van der Waals surface area contributed by atoms with E-state index in [1.165, 1.54) is 26.4 Å². The van der Waals surface area contributed by atoms with Crippen molar-refractivity contribution in [1.29, 1.82) is 0 Å². The van der Waals surface area contributed by atoms with Crippen molar-refractivity contribution in [3.8, 4) is 17.2 Å². The van der Waals surface area contributed by atoms with Gasteiger partial charge in [0.15, 0.2) is 11.5 Å². The van der Waals surface area contributed by atoms with E-state index in [0.717, 1.165) is 0 Å². The van der Waals surface area contributed by atoms with E-state index < -0.39 is 10.0 Å². The molecule has 0 saturated heterocycles. The van der Waals surface area contributed by atoms with Crippen LogP contribution in [0, 0.1) is 0 Å². The van der Waals surface area contributed by atoms with Gasteiger partial charge < -0.3 is 14.2 Å². The van der Waals surface area contributed by atoms with E-state index in [1.54, 1.807) is 30.3 Å². The molecule has 7 heteroatoms. The lowest BCUT2D eigenvalue weighted by Gasteiger charge is -2.12. The van der Waals surface area contributed by atoms with Crippen LogP contribution in [0.5, 0.6) is 17.2 Å². The zero-order valence-corrected chi connectivity index (χ0v) is 14.0. The molecule has 0 radical (unpaired) electrons. The molecule has 0 aliphatic carbocycles. The van der Waals surface area contributed by atoms with E-state index in [0.29, 0.717) is 29.5 Å². The van der Waals surface area contributed by atoms with Gasteiger partial charge in [0.05, 0.1) is 31.4 Å². The molecule has 23 heavy (non-hydrogen) atoms. The number of rotatable bonds is 7. The average molecular weight is 337 g/mol. The first-order chi connectivity index (χ1) is 11.0. The van der Waals surface area contributed by atoms with Crippen molar-refractivity contribution in [2.75, 3.05) is 25.5 Å². The van der Waals surface area contributed by atoms with E-state index in [1.807, 2.05) is 6.92 Å². The lowest BCUT2D eigenvalue weighted by atomic mass is 10.3. The predicted molar refractivity (Wildman–Crippen MR) is 88.0 cm³/mol. The van der Waals surface area contributed by atoms with Crippen LogP contribution in [0.3, 0.4) is 0 Å². The Morgan fingerprint density at radius 1 is 0.957 bits per heavy atom. The average Bonchev–Trinajstić information content (AvgIpc) is 2.55. The quantitative estimate of drug-likeness (QED) is 0.841. The van der Waals surface area contributed by atoms with Gasteiger partial charge in [-0.1, -0.05) is 0 Å². The molecule has 0 aliphatic rings. The zero-order valence-electron chi connectivity index (χ0n) is 13.2. The summed E-state index contributed by atoms with van der Waals surface area (Å²) in [6, 6.07) is 11.0. The smallest absolute Gasteiger partial charge is 0.261 e. The topological polar surface area (TPSA) is 73.9 Å². The third kappa shape index (κ3) is 4.07. The summed E-state index contributed by atoms with van der Waals surface area (Å²) in [5.41, 5.74) is 0.386. The second-order valence-electron chi connectivity index (χ2n) is 4.58. The van der Waals surface area contributed by atoms with Crippen LogP contribution < -0.4 is 18.9 Å². The summed E-state index contributed by atoms with van der Waals surface area (Å²) in [6.07, 6.45) is 0. The van der Waals surface area contributed by atoms with E-state index >= 15 is 0 Å². The molecule has 1 N–H and O–H groups in total. The first-order valence-electron chi connectivity index (χ1n) is 6.98. The van der Waals surface area contributed by atoms with E-state index in [9.17, 15) is 8.42 Å². The van der Waals surface area contributed by atoms with Crippen LogP contribution in [-0.2, 0) is 10.0 Å². The maximum absolute atomic E-state index is 12.4. The standard InChI is InChI=1S/C16H19NO5S/c1-4-22-13-6-8-14(9-7-13)23(18,19)17-12-5-10-15(20-2)16(11-12)21-3/h5-11,17H,4H2,1-3H3. The Kier molecular flexibility index (Phi) is 5.33. The first kappa shape index (κ1) is 17.0. The summed E-state index contributed by atoms with van der Waals surface area (Å²) < 4.78 is 42.9. The second kappa shape index (κ2) is 7.23. The molecule has 2 aromatic carbocycles. The Hall–Kier alpha value is -2.41. The molecule has 2 rings (SSSR count). The minimum atomic E-state index is -3.69. The fraction of sp³-hybridized carbons (Fsp3) is 0.250. The molecule has 0 aliphatic heterocycles. The van der Waals surface area contributed by atoms with Crippen LogP contribution in [0.15, 0.2) is 47.4 Å². The Balaban J connectivity index is 2.23. The zero-order chi connectivity index (χ0) is 16.9. The maximum atomic E-state index is 12.4. The minimum Gasteiger partial charge on any atom is -0.494 e. The first-order valence-corrected chi connectivity index (χ1v) is 8.46. The molecule has 0 saturated carbocycles. The number of methoxy groups -OCH3 is 2. The Bertz CT molecular complexity index is 757. The monoisotopic (exact) mass is 337 g/mol. The lowest BCUT2D eigenvalue weighted by Crippen LogP contribution is -2.13. The van der Waals surface area contributed by atoms with Crippen molar-refractivity contribution >= 4 is 15.7 Å². The predicted octanol–water partition coefficient (Wildman–Crippen LogP) is 2.90. The molecule has 0 spiro atoms. The van der Waals surface area contributed by atoms with Crippen LogP contribution in [0.4, 0.5) is 5.69 Å². The highest BCUT2D eigenvalue weighted by molar-refractivity contribution is 7.92. The van der Waals surface area contributed by atoms with Crippen molar-refractivity contribution in [2.24, 2.45) is 0 Å². The van der Waals surface area contributed by atoms with Crippen LogP contribution in [-0.4, -0.2) is 29.2 Å². The summed E-state index contributed by atoms with van der Waals surface area (Å²) in [5, 5.41) is 0. The molecule has 0 unspecified atom stereocenters. The number of hydrogen-bond acceptors (Lipinski definition) is 5. The van der Waals surface area contributed by atoms with Crippen molar-refractivity contribution in [1.82, 2.24) is 0 Å². The molecular weight excluding hydrogens is 318 g/mol. The van der Waals surface area contributed by atoms with E-state index in [2.05, 4.69) is 4.72 Å².